The van der Waals surface area contributed by atoms with Gasteiger partial charge in [0, 0.05) is 18.3 Å². The summed E-state index contributed by atoms with van der Waals surface area (Å²) in [6.07, 6.45) is 18.5. The van der Waals surface area contributed by atoms with Crippen molar-refractivity contribution < 1.29 is 19.4 Å². The topological polar surface area (TPSA) is 59.1 Å². The zero-order chi connectivity index (χ0) is 22.8. The second-order valence-corrected chi connectivity index (χ2v) is 9.63. The number of aliphatic hydroxyl groups excluding tert-OH is 1. The molecule has 31 heavy (non-hydrogen) atoms. The Balaban J connectivity index is 1.91. The fourth-order valence-corrected chi connectivity index (χ4v) is 4.45. The van der Waals surface area contributed by atoms with Crippen LogP contribution >= 0.6 is 0 Å². The zero-order valence-electron chi connectivity index (χ0n) is 20.3. The van der Waals surface area contributed by atoms with Gasteiger partial charge < -0.3 is 14.6 Å². The van der Waals surface area contributed by atoms with Crippen molar-refractivity contribution in [2.24, 2.45) is 17.8 Å². The summed E-state index contributed by atoms with van der Waals surface area (Å²) in [6.45, 7) is 10.5. The van der Waals surface area contributed by atoms with Crippen LogP contribution in [0.4, 0.5) is 0 Å². The molecule has 1 saturated heterocycles. The molecule has 1 fully saturated rings. The summed E-state index contributed by atoms with van der Waals surface area (Å²) in [7, 11) is 0. The fourth-order valence-electron chi connectivity index (χ4n) is 4.45. The first-order valence-electron chi connectivity index (χ1n) is 12.4. The number of carbonyl (C=O) groups excluding carboxylic acids is 1. The molecule has 0 aromatic rings. The summed E-state index contributed by atoms with van der Waals surface area (Å²) >= 11 is 0. The number of carbonyl (C=O) groups is 1. The zero-order valence-corrected chi connectivity index (χ0v) is 20.3. The van der Waals surface area contributed by atoms with E-state index in [-0.39, 0.29) is 42.2 Å². The molecule has 0 aliphatic carbocycles. The van der Waals surface area contributed by atoms with Crippen LogP contribution in [0.15, 0.2) is 36.0 Å². The number of ether oxygens (including phenoxy) is 2. The molecule has 4 nitrogen and oxygen atoms in total. The highest BCUT2D eigenvalue weighted by Gasteiger charge is 2.44. The van der Waals surface area contributed by atoms with Crippen LogP contribution in [-0.4, -0.2) is 35.5 Å². The summed E-state index contributed by atoms with van der Waals surface area (Å²) in [4.78, 5) is 12.3. The van der Waals surface area contributed by atoms with Crippen LogP contribution in [0.1, 0.15) is 86.0 Å². The molecule has 0 saturated carbocycles. The highest BCUT2D eigenvalue weighted by Crippen LogP contribution is 2.36. The quantitative estimate of drug-likeness (QED) is 0.216. The van der Waals surface area contributed by atoms with Gasteiger partial charge >= 0.3 is 5.97 Å². The Morgan fingerprint density at radius 1 is 1.26 bits per heavy atom. The minimum Gasteiger partial charge on any atom is -0.457 e. The van der Waals surface area contributed by atoms with E-state index in [1.807, 2.05) is 6.92 Å². The minimum absolute atomic E-state index is 0.0868. The van der Waals surface area contributed by atoms with E-state index >= 15 is 0 Å². The van der Waals surface area contributed by atoms with Crippen LogP contribution in [0.3, 0.4) is 0 Å². The normalized spacial score (nSPS) is 32.5. The molecule has 4 heteroatoms. The third-order valence-electron chi connectivity index (χ3n) is 6.69. The minimum atomic E-state index is -0.281. The number of aliphatic hydroxyl groups is 1. The number of rotatable bonds is 8. The molecule has 0 aromatic carbocycles. The first-order valence-corrected chi connectivity index (χ1v) is 12.4. The van der Waals surface area contributed by atoms with Gasteiger partial charge in [0.25, 0.3) is 0 Å². The van der Waals surface area contributed by atoms with Gasteiger partial charge in [-0.2, -0.15) is 0 Å². The maximum absolute atomic E-state index is 12.3. The number of hydrogen-bond donors (Lipinski definition) is 1. The molecule has 0 spiro atoms. The summed E-state index contributed by atoms with van der Waals surface area (Å²) in [5.41, 5.74) is 1.08. The van der Waals surface area contributed by atoms with E-state index in [4.69, 9.17) is 9.47 Å². The second kappa shape index (κ2) is 13.2. The predicted molar refractivity (Wildman–Crippen MR) is 127 cm³/mol. The maximum Gasteiger partial charge on any atom is 0.306 e. The number of hydrogen-bond acceptors (Lipinski definition) is 4. The lowest BCUT2D eigenvalue weighted by molar-refractivity contribution is -0.148. The van der Waals surface area contributed by atoms with Crippen LogP contribution in [0.25, 0.3) is 0 Å². The molecule has 2 aliphatic rings. The molecule has 0 amide bonds. The van der Waals surface area contributed by atoms with Gasteiger partial charge in [0.05, 0.1) is 18.3 Å². The standard InChI is InChI=1S/C27H44O4/c1-6-23(28)22(5)27-24(30-27)18-19(2)14-13-16-21(4)26-20(3)15-11-9-7-8-10-12-17-25(29)31-26/h11,13-16,19-20,22-24,26-28H,6-10,12,17-18H2,1-5H3/b14-13+,15-11+,21-16+/t19-,20-,22-,23+,24-,26+,27-/m1/s1. The number of cyclic esters (lactones) is 1. The van der Waals surface area contributed by atoms with Crippen LogP contribution in [-0.2, 0) is 14.3 Å². The Morgan fingerprint density at radius 2 is 2.00 bits per heavy atom. The number of epoxide rings is 1. The van der Waals surface area contributed by atoms with E-state index < -0.39 is 0 Å². The van der Waals surface area contributed by atoms with E-state index in [0.717, 1.165) is 37.7 Å². The molecule has 2 heterocycles. The van der Waals surface area contributed by atoms with Gasteiger partial charge in [-0.25, -0.2) is 0 Å². The Morgan fingerprint density at radius 3 is 2.74 bits per heavy atom. The Hall–Kier alpha value is -1.39. The summed E-state index contributed by atoms with van der Waals surface area (Å²) in [5.74, 6) is 0.661. The molecule has 0 radical (unpaired) electrons. The largest absolute Gasteiger partial charge is 0.457 e. The van der Waals surface area contributed by atoms with Crippen molar-refractivity contribution in [3.63, 3.8) is 0 Å². The van der Waals surface area contributed by atoms with E-state index in [0.29, 0.717) is 12.3 Å². The van der Waals surface area contributed by atoms with E-state index in [9.17, 15) is 9.90 Å². The lowest BCUT2D eigenvalue weighted by atomic mass is 9.93. The van der Waals surface area contributed by atoms with Crippen molar-refractivity contribution >= 4 is 5.97 Å². The third kappa shape index (κ3) is 8.94. The maximum atomic E-state index is 12.3. The Labute approximate surface area is 189 Å². The van der Waals surface area contributed by atoms with Crippen molar-refractivity contribution in [3.8, 4) is 0 Å². The number of allylic oxidation sites excluding steroid dienone is 4. The average molecular weight is 433 g/mol. The predicted octanol–water partition coefficient (Wildman–Crippen LogP) is 6.15. The van der Waals surface area contributed by atoms with Gasteiger partial charge in [0.1, 0.15) is 6.10 Å². The van der Waals surface area contributed by atoms with Crippen LogP contribution < -0.4 is 0 Å². The summed E-state index contributed by atoms with van der Waals surface area (Å²) in [5, 5.41) is 10.0. The molecule has 0 bridgehead atoms. The first kappa shape index (κ1) is 25.9. The Bertz CT molecular complexity index is 635. The second-order valence-electron chi connectivity index (χ2n) is 9.63. The van der Waals surface area contributed by atoms with Crippen molar-refractivity contribution in [2.75, 3.05) is 0 Å². The lowest BCUT2D eigenvalue weighted by Crippen LogP contribution is -2.25. The summed E-state index contributed by atoms with van der Waals surface area (Å²) < 4.78 is 11.7. The van der Waals surface area contributed by atoms with Gasteiger partial charge in [-0.3, -0.25) is 4.79 Å². The highest BCUT2D eigenvalue weighted by molar-refractivity contribution is 5.69. The Kier molecular flexibility index (Phi) is 11.0. The molecule has 1 N–H and O–H groups in total. The first-order chi connectivity index (χ1) is 14.8. The van der Waals surface area contributed by atoms with Gasteiger partial charge in [-0.05, 0) is 50.5 Å². The van der Waals surface area contributed by atoms with Crippen LogP contribution in [0.5, 0.6) is 0 Å². The van der Waals surface area contributed by atoms with Crippen molar-refractivity contribution in [1.82, 2.24) is 0 Å². The molecule has 2 rings (SSSR count). The number of esters is 1. The van der Waals surface area contributed by atoms with Crippen molar-refractivity contribution in [1.29, 1.82) is 0 Å². The third-order valence-corrected chi connectivity index (χ3v) is 6.69. The molecule has 0 unspecified atom stereocenters. The monoisotopic (exact) mass is 432 g/mol. The van der Waals surface area contributed by atoms with Gasteiger partial charge in [-0.1, -0.05) is 70.9 Å². The molecule has 176 valence electrons. The van der Waals surface area contributed by atoms with Gasteiger partial charge in [0.15, 0.2) is 0 Å². The molecular formula is C27H44O4. The van der Waals surface area contributed by atoms with E-state index in [2.05, 4.69) is 58.1 Å². The average Bonchev–Trinajstić information content (AvgIpc) is 3.50. The smallest absolute Gasteiger partial charge is 0.306 e. The molecule has 0 aromatic heterocycles. The van der Waals surface area contributed by atoms with E-state index in [1.54, 1.807) is 0 Å². The van der Waals surface area contributed by atoms with Crippen molar-refractivity contribution in [3.05, 3.63) is 36.0 Å². The van der Waals surface area contributed by atoms with Crippen molar-refractivity contribution in [2.45, 2.75) is 110 Å². The fraction of sp³-hybridized carbons (Fsp3) is 0.741. The van der Waals surface area contributed by atoms with Gasteiger partial charge in [-0.15, -0.1) is 0 Å². The van der Waals surface area contributed by atoms with Gasteiger partial charge in [0.2, 0.25) is 0 Å². The lowest BCUT2D eigenvalue weighted by Gasteiger charge is -2.23. The van der Waals surface area contributed by atoms with E-state index in [1.165, 1.54) is 12.8 Å². The SMILES string of the molecule is CC[C@H](O)[C@@H](C)[C@H]1O[C@@H]1C[C@H](C)/C=C/C=C(\C)[C@H]1OC(=O)CCCCCC/C=C/[C@H]1C. The molecular weight excluding hydrogens is 388 g/mol. The molecule has 7 atom stereocenters. The summed E-state index contributed by atoms with van der Waals surface area (Å²) in [6, 6.07) is 0. The van der Waals surface area contributed by atoms with Crippen LogP contribution in [0.2, 0.25) is 0 Å². The van der Waals surface area contributed by atoms with Crippen LogP contribution in [0, 0.1) is 17.8 Å². The highest BCUT2D eigenvalue weighted by atomic mass is 16.6. The molecule has 2 aliphatic heterocycles.